The molecule has 3 nitrogen and oxygen atoms in total. The third-order valence-electron chi connectivity index (χ3n) is 3.77. The maximum absolute atomic E-state index is 6.28. The molecule has 0 amide bonds. The predicted octanol–water partition coefficient (Wildman–Crippen LogP) is 3.93. The molecule has 1 aromatic carbocycles. The highest BCUT2D eigenvalue weighted by Crippen LogP contribution is 2.32. The molecule has 0 spiro atoms. The standard InChI is InChI=1S/C16H21ClN2O/c1-11-8-9-16(20-11)15(10-18)19(3)12(2)13-6-4-5-7-14(13)17/h4-9,12,15H,10,18H2,1-3H3. The molecule has 2 atom stereocenters. The average Bonchev–Trinajstić information content (AvgIpc) is 2.85. The fraction of sp³-hybridized carbons (Fsp3) is 0.375. The Kier molecular flexibility index (Phi) is 4.86. The normalized spacial score (nSPS) is 14.5. The van der Waals surface area contributed by atoms with Crippen LogP contribution in [0.25, 0.3) is 0 Å². The molecule has 2 rings (SSSR count). The van der Waals surface area contributed by atoms with Crippen molar-refractivity contribution < 1.29 is 4.42 Å². The van der Waals surface area contributed by atoms with Crippen LogP contribution in [0.15, 0.2) is 40.8 Å². The molecular weight excluding hydrogens is 272 g/mol. The van der Waals surface area contributed by atoms with Gasteiger partial charge < -0.3 is 10.2 Å². The number of hydrogen-bond acceptors (Lipinski definition) is 3. The number of furan rings is 1. The molecule has 108 valence electrons. The minimum absolute atomic E-state index is 0.0370. The van der Waals surface area contributed by atoms with E-state index in [4.69, 9.17) is 21.8 Å². The van der Waals surface area contributed by atoms with Crippen LogP contribution >= 0.6 is 11.6 Å². The van der Waals surface area contributed by atoms with Gasteiger partial charge in [0.15, 0.2) is 0 Å². The summed E-state index contributed by atoms with van der Waals surface area (Å²) in [4.78, 5) is 2.19. The third kappa shape index (κ3) is 3.06. The van der Waals surface area contributed by atoms with Crippen molar-refractivity contribution in [3.05, 3.63) is 58.5 Å². The number of nitrogens with zero attached hydrogens (tertiary/aromatic N) is 1. The molecule has 20 heavy (non-hydrogen) atoms. The molecule has 0 saturated heterocycles. The zero-order chi connectivity index (χ0) is 14.7. The summed E-state index contributed by atoms with van der Waals surface area (Å²) in [6.45, 7) is 4.56. The molecule has 1 aromatic heterocycles. The van der Waals surface area contributed by atoms with Crippen LogP contribution in [0.3, 0.4) is 0 Å². The summed E-state index contributed by atoms with van der Waals surface area (Å²) in [7, 11) is 2.05. The van der Waals surface area contributed by atoms with E-state index in [1.165, 1.54) is 0 Å². The van der Waals surface area contributed by atoms with Crippen molar-refractivity contribution in [2.75, 3.05) is 13.6 Å². The van der Waals surface area contributed by atoms with Gasteiger partial charge in [0.1, 0.15) is 11.5 Å². The molecule has 0 saturated carbocycles. The lowest BCUT2D eigenvalue weighted by molar-refractivity contribution is 0.168. The number of nitrogens with two attached hydrogens (primary N) is 1. The van der Waals surface area contributed by atoms with Gasteiger partial charge in [0.2, 0.25) is 0 Å². The maximum Gasteiger partial charge on any atom is 0.122 e. The second-order valence-electron chi connectivity index (χ2n) is 5.06. The Hall–Kier alpha value is -1.29. The quantitative estimate of drug-likeness (QED) is 0.908. The van der Waals surface area contributed by atoms with E-state index in [1.54, 1.807) is 0 Å². The molecular formula is C16H21ClN2O. The van der Waals surface area contributed by atoms with Crippen LogP contribution in [0.1, 0.15) is 36.1 Å². The van der Waals surface area contributed by atoms with Gasteiger partial charge in [-0.15, -0.1) is 0 Å². The second kappa shape index (κ2) is 6.44. The molecule has 1 heterocycles. The lowest BCUT2D eigenvalue weighted by Crippen LogP contribution is -2.32. The largest absolute Gasteiger partial charge is 0.465 e. The summed E-state index contributed by atoms with van der Waals surface area (Å²) >= 11 is 6.28. The molecule has 0 aliphatic rings. The zero-order valence-corrected chi connectivity index (χ0v) is 12.9. The van der Waals surface area contributed by atoms with Gasteiger partial charge in [-0.3, -0.25) is 4.90 Å². The van der Waals surface area contributed by atoms with Crippen molar-refractivity contribution in [3.8, 4) is 0 Å². The van der Waals surface area contributed by atoms with Crippen molar-refractivity contribution >= 4 is 11.6 Å². The topological polar surface area (TPSA) is 42.4 Å². The van der Waals surface area contributed by atoms with Crippen molar-refractivity contribution in [2.45, 2.75) is 25.9 Å². The van der Waals surface area contributed by atoms with Gasteiger partial charge in [-0.2, -0.15) is 0 Å². The summed E-state index contributed by atoms with van der Waals surface area (Å²) in [6, 6.07) is 12.0. The van der Waals surface area contributed by atoms with Gasteiger partial charge in [0.05, 0.1) is 6.04 Å². The first kappa shape index (κ1) is 15.1. The van der Waals surface area contributed by atoms with Crippen LogP contribution in [0.5, 0.6) is 0 Å². The lowest BCUT2D eigenvalue weighted by Gasteiger charge is -2.32. The zero-order valence-electron chi connectivity index (χ0n) is 12.1. The molecule has 4 heteroatoms. The lowest BCUT2D eigenvalue weighted by atomic mass is 10.0. The Bertz CT molecular complexity index is 567. The molecule has 2 aromatic rings. The van der Waals surface area contributed by atoms with Crippen molar-refractivity contribution in [3.63, 3.8) is 0 Å². The Morgan fingerprint density at radius 1 is 1.25 bits per heavy atom. The molecule has 2 N–H and O–H groups in total. The summed E-state index contributed by atoms with van der Waals surface area (Å²) in [5, 5.41) is 0.776. The summed E-state index contributed by atoms with van der Waals surface area (Å²) in [5.74, 6) is 1.80. The Labute approximate surface area is 125 Å². The number of rotatable bonds is 5. The molecule has 0 aliphatic carbocycles. The number of halogens is 1. The maximum atomic E-state index is 6.28. The average molecular weight is 293 g/mol. The first-order valence-corrected chi connectivity index (χ1v) is 7.15. The van der Waals surface area contributed by atoms with E-state index < -0.39 is 0 Å². The van der Waals surface area contributed by atoms with E-state index in [-0.39, 0.29) is 12.1 Å². The summed E-state index contributed by atoms with van der Waals surface area (Å²) < 4.78 is 5.72. The van der Waals surface area contributed by atoms with Crippen molar-refractivity contribution in [1.82, 2.24) is 4.90 Å². The van der Waals surface area contributed by atoms with Crippen LogP contribution < -0.4 is 5.73 Å². The van der Waals surface area contributed by atoms with Crippen LogP contribution in [0.4, 0.5) is 0 Å². The molecule has 2 unspecified atom stereocenters. The third-order valence-corrected chi connectivity index (χ3v) is 4.11. The highest BCUT2D eigenvalue weighted by Gasteiger charge is 2.24. The first-order valence-electron chi connectivity index (χ1n) is 6.77. The number of likely N-dealkylation sites (N-methyl/N-ethyl adjacent to an activating group) is 1. The first-order chi connectivity index (χ1) is 9.54. The number of benzene rings is 1. The van der Waals surface area contributed by atoms with Crippen molar-refractivity contribution in [1.29, 1.82) is 0 Å². The van der Waals surface area contributed by atoms with Gasteiger partial charge in [0, 0.05) is 17.6 Å². The molecule has 0 fully saturated rings. The highest BCUT2D eigenvalue weighted by molar-refractivity contribution is 6.31. The minimum atomic E-state index is 0.0370. The Balaban J connectivity index is 2.24. The monoisotopic (exact) mass is 292 g/mol. The van der Waals surface area contributed by atoms with Gasteiger partial charge in [-0.05, 0) is 44.7 Å². The van der Waals surface area contributed by atoms with E-state index in [2.05, 4.69) is 11.8 Å². The van der Waals surface area contributed by atoms with Crippen LogP contribution in [-0.4, -0.2) is 18.5 Å². The van der Waals surface area contributed by atoms with Crippen LogP contribution in [0, 0.1) is 6.92 Å². The summed E-state index contributed by atoms with van der Waals surface area (Å²) in [5.41, 5.74) is 7.03. The fourth-order valence-corrected chi connectivity index (χ4v) is 2.71. The predicted molar refractivity (Wildman–Crippen MR) is 82.9 cm³/mol. The SMILES string of the molecule is Cc1ccc(C(CN)N(C)C(C)c2ccccc2Cl)o1. The van der Waals surface area contributed by atoms with E-state index >= 15 is 0 Å². The number of aryl methyl sites for hydroxylation is 1. The second-order valence-corrected chi connectivity index (χ2v) is 5.47. The van der Waals surface area contributed by atoms with Gasteiger partial charge in [-0.1, -0.05) is 29.8 Å². The Morgan fingerprint density at radius 2 is 1.95 bits per heavy atom. The smallest absolute Gasteiger partial charge is 0.122 e. The fourth-order valence-electron chi connectivity index (χ4n) is 2.42. The highest BCUT2D eigenvalue weighted by atomic mass is 35.5. The minimum Gasteiger partial charge on any atom is -0.465 e. The van der Waals surface area contributed by atoms with E-state index in [0.29, 0.717) is 6.54 Å². The van der Waals surface area contributed by atoms with Crippen LogP contribution in [-0.2, 0) is 0 Å². The van der Waals surface area contributed by atoms with E-state index in [9.17, 15) is 0 Å². The van der Waals surface area contributed by atoms with Crippen molar-refractivity contribution in [2.24, 2.45) is 5.73 Å². The van der Waals surface area contributed by atoms with Gasteiger partial charge in [0.25, 0.3) is 0 Å². The summed E-state index contributed by atoms with van der Waals surface area (Å²) in [6.07, 6.45) is 0. The van der Waals surface area contributed by atoms with Crippen LogP contribution in [0.2, 0.25) is 5.02 Å². The Morgan fingerprint density at radius 3 is 2.50 bits per heavy atom. The van der Waals surface area contributed by atoms with Gasteiger partial charge >= 0.3 is 0 Å². The number of hydrogen-bond donors (Lipinski definition) is 1. The molecule has 0 aliphatic heterocycles. The van der Waals surface area contributed by atoms with Gasteiger partial charge in [-0.25, -0.2) is 0 Å². The van der Waals surface area contributed by atoms with E-state index in [0.717, 1.165) is 22.1 Å². The van der Waals surface area contributed by atoms with E-state index in [1.807, 2.05) is 50.4 Å². The molecule has 0 radical (unpaired) electrons. The molecule has 0 bridgehead atoms.